The Labute approximate surface area is 181 Å². The number of halogens is 1. The lowest BCUT2D eigenvalue weighted by Crippen LogP contribution is -2.44. The van der Waals surface area contributed by atoms with E-state index in [-0.39, 0.29) is 28.7 Å². The zero-order valence-corrected chi connectivity index (χ0v) is 17.8. The summed E-state index contributed by atoms with van der Waals surface area (Å²) in [5, 5.41) is 0. The fourth-order valence-electron chi connectivity index (χ4n) is 6.34. The predicted octanol–water partition coefficient (Wildman–Crippen LogP) is 4.62. The standard InChI is InChI=1S/C26H27FN2O2/c1-3-22(30)29-10-4-8-26(29)9-7-16(14-26)23-21(27)13-20(25(28)31)19-12-17-11-15(2)5-6-18(17)24(19)23/h3,5-6,11,13,16H,1,4,7-10,12,14H2,2H3,(H2,28,31). The molecule has 0 aromatic heterocycles. The maximum atomic E-state index is 15.6. The predicted molar refractivity (Wildman–Crippen MR) is 118 cm³/mol. The molecule has 2 N–H and O–H groups in total. The Morgan fingerprint density at radius 3 is 2.84 bits per heavy atom. The van der Waals surface area contributed by atoms with E-state index in [0.717, 1.165) is 66.5 Å². The number of benzene rings is 2. The molecule has 2 unspecified atom stereocenters. The van der Waals surface area contributed by atoms with Crippen molar-refractivity contribution in [3.63, 3.8) is 0 Å². The number of hydrogen-bond donors (Lipinski definition) is 1. The zero-order valence-electron chi connectivity index (χ0n) is 17.8. The molecule has 2 aromatic rings. The summed E-state index contributed by atoms with van der Waals surface area (Å²) in [5.41, 5.74) is 11.3. The number of nitrogens with zero attached hydrogens (tertiary/aromatic N) is 1. The number of aryl methyl sites for hydroxylation is 1. The molecule has 1 heterocycles. The molecule has 2 amide bonds. The third-order valence-corrected chi connectivity index (χ3v) is 7.62. The first kappa shape index (κ1) is 20.0. The maximum absolute atomic E-state index is 15.6. The number of hydrogen-bond acceptors (Lipinski definition) is 2. The van der Waals surface area contributed by atoms with Crippen molar-refractivity contribution in [1.29, 1.82) is 0 Å². The number of nitrogens with two attached hydrogens (primary N) is 1. The molecule has 31 heavy (non-hydrogen) atoms. The Bertz CT molecular complexity index is 1140. The largest absolute Gasteiger partial charge is 0.366 e. The third-order valence-electron chi connectivity index (χ3n) is 7.62. The topological polar surface area (TPSA) is 63.4 Å². The number of rotatable bonds is 3. The van der Waals surface area contributed by atoms with Crippen LogP contribution in [0, 0.1) is 12.7 Å². The minimum Gasteiger partial charge on any atom is -0.366 e. The van der Waals surface area contributed by atoms with Gasteiger partial charge in [-0.3, -0.25) is 9.59 Å². The van der Waals surface area contributed by atoms with E-state index in [1.165, 1.54) is 12.1 Å². The average Bonchev–Trinajstić information content (AvgIpc) is 3.44. The van der Waals surface area contributed by atoms with Gasteiger partial charge in [0.05, 0.1) is 0 Å². The number of amides is 2. The Balaban J connectivity index is 1.63. The molecule has 2 aromatic carbocycles. The van der Waals surface area contributed by atoms with Crippen molar-refractivity contribution in [3.8, 4) is 11.1 Å². The minimum atomic E-state index is -0.590. The molecular formula is C26H27FN2O2. The van der Waals surface area contributed by atoms with Crippen LogP contribution in [-0.4, -0.2) is 28.8 Å². The summed E-state index contributed by atoms with van der Waals surface area (Å²) in [6, 6.07) is 7.52. The molecular weight excluding hydrogens is 391 g/mol. The molecule has 1 saturated heterocycles. The van der Waals surface area contributed by atoms with Crippen LogP contribution in [0.25, 0.3) is 11.1 Å². The SMILES string of the molecule is C=CC(=O)N1CCCC12CCC(c1c(F)cc(C(N)=O)c3c1-c1ccc(C)cc1C3)C2. The highest BCUT2D eigenvalue weighted by Crippen LogP contribution is 2.53. The number of fused-ring (bicyclic) bond motifs is 3. The first-order valence-electron chi connectivity index (χ1n) is 11.0. The van der Waals surface area contributed by atoms with Crippen molar-refractivity contribution in [1.82, 2.24) is 4.90 Å². The van der Waals surface area contributed by atoms with Gasteiger partial charge < -0.3 is 10.6 Å². The maximum Gasteiger partial charge on any atom is 0.249 e. The van der Waals surface area contributed by atoms with E-state index in [2.05, 4.69) is 12.6 Å². The first-order chi connectivity index (χ1) is 14.8. The summed E-state index contributed by atoms with van der Waals surface area (Å²) in [6.07, 6.45) is 6.33. The molecule has 4 nitrogen and oxygen atoms in total. The van der Waals surface area contributed by atoms with Gasteiger partial charge in [-0.1, -0.05) is 30.3 Å². The van der Waals surface area contributed by atoms with Crippen LogP contribution in [0.1, 0.15) is 70.6 Å². The van der Waals surface area contributed by atoms with Crippen molar-refractivity contribution in [2.45, 2.75) is 56.9 Å². The molecule has 5 heteroatoms. The summed E-state index contributed by atoms with van der Waals surface area (Å²) in [4.78, 5) is 26.5. The highest BCUT2D eigenvalue weighted by Gasteiger charge is 2.49. The van der Waals surface area contributed by atoms with Gasteiger partial charge in [0.1, 0.15) is 5.82 Å². The van der Waals surface area contributed by atoms with Crippen LogP contribution in [0.15, 0.2) is 36.9 Å². The van der Waals surface area contributed by atoms with Crippen molar-refractivity contribution >= 4 is 11.8 Å². The Hall–Kier alpha value is -2.95. The summed E-state index contributed by atoms with van der Waals surface area (Å²) in [6.45, 7) is 6.43. The van der Waals surface area contributed by atoms with E-state index < -0.39 is 5.91 Å². The quantitative estimate of drug-likeness (QED) is 0.631. The van der Waals surface area contributed by atoms with Crippen LogP contribution < -0.4 is 5.73 Å². The van der Waals surface area contributed by atoms with Crippen molar-refractivity contribution in [3.05, 3.63) is 70.6 Å². The highest BCUT2D eigenvalue weighted by molar-refractivity contribution is 5.99. The first-order valence-corrected chi connectivity index (χ1v) is 11.0. The van der Waals surface area contributed by atoms with Crippen LogP contribution in [0.4, 0.5) is 4.39 Å². The molecule has 2 fully saturated rings. The van der Waals surface area contributed by atoms with Crippen molar-refractivity contribution in [2.24, 2.45) is 5.73 Å². The van der Waals surface area contributed by atoms with E-state index in [4.69, 9.17) is 5.73 Å². The van der Waals surface area contributed by atoms with Gasteiger partial charge >= 0.3 is 0 Å². The molecule has 160 valence electrons. The van der Waals surface area contributed by atoms with Crippen molar-refractivity contribution < 1.29 is 14.0 Å². The third kappa shape index (κ3) is 2.93. The normalized spacial score (nSPS) is 23.8. The molecule has 1 saturated carbocycles. The summed E-state index contributed by atoms with van der Waals surface area (Å²) in [5.74, 6) is -0.981. The van der Waals surface area contributed by atoms with E-state index in [9.17, 15) is 9.59 Å². The molecule has 1 aliphatic heterocycles. The van der Waals surface area contributed by atoms with Gasteiger partial charge in [0.2, 0.25) is 11.8 Å². The zero-order chi connectivity index (χ0) is 21.9. The fraction of sp³-hybridized carbons (Fsp3) is 0.385. The summed E-state index contributed by atoms with van der Waals surface area (Å²) < 4.78 is 15.6. The van der Waals surface area contributed by atoms with Crippen LogP contribution >= 0.6 is 0 Å². The Morgan fingerprint density at radius 2 is 2.10 bits per heavy atom. The van der Waals surface area contributed by atoms with Gasteiger partial charge in [0, 0.05) is 17.6 Å². The highest BCUT2D eigenvalue weighted by atomic mass is 19.1. The molecule has 2 aliphatic carbocycles. The lowest BCUT2D eigenvalue weighted by Gasteiger charge is -2.35. The van der Waals surface area contributed by atoms with Crippen LogP contribution in [-0.2, 0) is 11.2 Å². The van der Waals surface area contributed by atoms with Crippen molar-refractivity contribution in [2.75, 3.05) is 6.54 Å². The van der Waals surface area contributed by atoms with Gasteiger partial charge in [0.25, 0.3) is 0 Å². The summed E-state index contributed by atoms with van der Waals surface area (Å²) in [7, 11) is 0. The molecule has 1 spiro atoms. The number of carbonyl (C=O) groups excluding carboxylic acids is 2. The second-order valence-corrected chi connectivity index (χ2v) is 9.34. The second kappa shape index (κ2) is 7.04. The lowest BCUT2D eigenvalue weighted by atomic mass is 9.84. The number of primary amides is 1. The molecule has 0 bridgehead atoms. The number of carbonyl (C=O) groups is 2. The molecule has 5 rings (SSSR count). The monoisotopic (exact) mass is 418 g/mol. The lowest BCUT2D eigenvalue weighted by molar-refractivity contribution is -0.129. The van der Waals surface area contributed by atoms with Crippen LogP contribution in [0.5, 0.6) is 0 Å². The van der Waals surface area contributed by atoms with Crippen LogP contribution in [0.3, 0.4) is 0 Å². The van der Waals surface area contributed by atoms with E-state index in [0.29, 0.717) is 12.0 Å². The van der Waals surface area contributed by atoms with Gasteiger partial charge in [-0.05, 0) is 91.3 Å². The van der Waals surface area contributed by atoms with E-state index in [1.807, 2.05) is 24.0 Å². The molecule has 3 aliphatic rings. The summed E-state index contributed by atoms with van der Waals surface area (Å²) >= 11 is 0. The average molecular weight is 419 g/mol. The van der Waals surface area contributed by atoms with Gasteiger partial charge in [-0.15, -0.1) is 0 Å². The smallest absolute Gasteiger partial charge is 0.249 e. The van der Waals surface area contributed by atoms with Gasteiger partial charge in [-0.25, -0.2) is 4.39 Å². The van der Waals surface area contributed by atoms with E-state index >= 15 is 4.39 Å². The Morgan fingerprint density at radius 1 is 1.29 bits per heavy atom. The molecule has 0 radical (unpaired) electrons. The van der Waals surface area contributed by atoms with E-state index in [1.54, 1.807) is 0 Å². The Kier molecular flexibility index (Phi) is 4.54. The van der Waals surface area contributed by atoms with Gasteiger partial charge in [-0.2, -0.15) is 0 Å². The number of likely N-dealkylation sites (tertiary alicyclic amines) is 1. The van der Waals surface area contributed by atoms with Gasteiger partial charge in [0.15, 0.2) is 0 Å². The van der Waals surface area contributed by atoms with Crippen LogP contribution in [0.2, 0.25) is 0 Å². The molecule has 2 atom stereocenters. The fourth-order valence-corrected chi connectivity index (χ4v) is 6.34. The second-order valence-electron chi connectivity index (χ2n) is 9.34. The minimum absolute atomic E-state index is 0.00106.